The van der Waals surface area contributed by atoms with Crippen molar-refractivity contribution in [1.29, 1.82) is 5.26 Å². The summed E-state index contributed by atoms with van der Waals surface area (Å²) in [5, 5.41) is 15.6. The van der Waals surface area contributed by atoms with Gasteiger partial charge in [-0.15, -0.1) is 0 Å². The normalized spacial score (nSPS) is 15.1. The maximum Gasteiger partial charge on any atom is 0.419 e. The van der Waals surface area contributed by atoms with E-state index in [1.807, 2.05) is 6.92 Å². The fourth-order valence-electron chi connectivity index (χ4n) is 1.54. The van der Waals surface area contributed by atoms with Gasteiger partial charge in [-0.3, -0.25) is 10.00 Å². The predicted molar refractivity (Wildman–Crippen MR) is 59.5 cm³/mol. The molecule has 0 saturated carbocycles. The Morgan fingerprint density at radius 2 is 2.17 bits per heavy atom. The average Bonchev–Trinajstić information content (AvgIpc) is 2.75. The Labute approximate surface area is 103 Å². The van der Waals surface area contributed by atoms with Crippen molar-refractivity contribution in [2.75, 3.05) is 6.54 Å². The molecule has 1 aromatic heterocycles. The standard InChI is InChI=1S/C11H15F3N4/c1-3-16-10(2,8-15)4-5-18-7-9(6-17-18)11(12,13)14/h6-7,16H,3-5H2,1-2H3. The summed E-state index contributed by atoms with van der Waals surface area (Å²) in [4.78, 5) is 0. The van der Waals surface area contributed by atoms with Crippen molar-refractivity contribution in [3.8, 4) is 6.07 Å². The van der Waals surface area contributed by atoms with Crippen LogP contribution in [0, 0.1) is 11.3 Å². The largest absolute Gasteiger partial charge is 0.419 e. The van der Waals surface area contributed by atoms with Gasteiger partial charge in [0.15, 0.2) is 0 Å². The molecule has 1 heterocycles. The molecule has 4 nitrogen and oxygen atoms in total. The summed E-state index contributed by atoms with van der Waals surface area (Å²) in [6.07, 6.45) is -2.25. The van der Waals surface area contributed by atoms with E-state index < -0.39 is 17.3 Å². The molecule has 1 unspecified atom stereocenters. The van der Waals surface area contributed by atoms with Crippen LogP contribution >= 0.6 is 0 Å². The fourth-order valence-corrected chi connectivity index (χ4v) is 1.54. The number of alkyl halides is 3. The number of nitriles is 1. The highest BCUT2D eigenvalue weighted by molar-refractivity contribution is 5.09. The van der Waals surface area contributed by atoms with Gasteiger partial charge in [0.2, 0.25) is 0 Å². The molecule has 0 saturated heterocycles. The van der Waals surface area contributed by atoms with E-state index in [1.54, 1.807) is 6.92 Å². The third kappa shape index (κ3) is 3.74. The van der Waals surface area contributed by atoms with Crippen LogP contribution in [0.4, 0.5) is 13.2 Å². The van der Waals surface area contributed by atoms with E-state index in [4.69, 9.17) is 5.26 Å². The molecule has 1 aromatic rings. The van der Waals surface area contributed by atoms with Crippen LogP contribution in [0.15, 0.2) is 12.4 Å². The first kappa shape index (κ1) is 14.5. The average molecular weight is 260 g/mol. The molecule has 100 valence electrons. The third-order valence-corrected chi connectivity index (χ3v) is 2.62. The molecule has 1 rings (SSSR count). The topological polar surface area (TPSA) is 53.6 Å². The molecular formula is C11H15F3N4. The minimum absolute atomic E-state index is 0.257. The van der Waals surface area contributed by atoms with Crippen LogP contribution in [0.1, 0.15) is 25.8 Å². The van der Waals surface area contributed by atoms with Gasteiger partial charge in [-0.1, -0.05) is 6.92 Å². The van der Waals surface area contributed by atoms with Gasteiger partial charge in [0.05, 0.1) is 17.8 Å². The van der Waals surface area contributed by atoms with Gasteiger partial charge in [-0.25, -0.2) is 0 Å². The molecule has 0 aromatic carbocycles. The summed E-state index contributed by atoms with van der Waals surface area (Å²) in [7, 11) is 0. The zero-order chi connectivity index (χ0) is 13.8. The number of hydrogen-bond donors (Lipinski definition) is 1. The molecule has 7 heteroatoms. The van der Waals surface area contributed by atoms with Crippen LogP contribution in [0.25, 0.3) is 0 Å². The molecule has 0 bridgehead atoms. The van der Waals surface area contributed by atoms with Crippen molar-refractivity contribution in [2.24, 2.45) is 0 Å². The van der Waals surface area contributed by atoms with Crippen molar-refractivity contribution >= 4 is 0 Å². The number of aryl methyl sites for hydroxylation is 1. The molecule has 1 atom stereocenters. The zero-order valence-electron chi connectivity index (χ0n) is 10.3. The van der Waals surface area contributed by atoms with E-state index in [9.17, 15) is 13.2 Å². The van der Waals surface area contributed by atoms with Crippen LogP contribution in [0.3, 0.4) is 0 Å². The first-order valence-corrected chi connectivity index (χ1v) is 5.56. The Balaban J connectivity index is 2.64. The highest BCUT2D eigenvalue weighted by Gasteiger charge is 2.32. The highest BCUT2D eigenvalue weighted by atomic mass is 19.4. The van der Waals surface area contributed by atoms with Crippen LogP contribution in [-0.4, -0.2) is 21.9 Å². The van der Waals surface area contributed by atoms with Gasteiger partial charge >= 0.3 is 6.18 Å². The SMILES string of the molecule is CCNC(C)(C#N)CCn1cc(C(F)(F)F)cn1. The summed E-state index contributed by atoms with van der Waals surface area (Å²) >= 11 is 0. The van der Waals surface area contributed by atoms with Crippen molar-refractivity contribution in [3.63, 3.8) is 0 Å². The fraction of sp³-hybridized carbons (Fsp3) is 0.636. The van der Waals surface area contributed by atoms with E-state index in [2.05, 4.69) is 16.5 Å². The van der Waals surface area contributed by atoms with Crippen LogP contribution < -0.4 is 5.32 Å². The van der Waals surface area contributed by atoms with Crippen LogP contribution in [0.5, 0.6) is 0 Å². The molecular weight excluding hydrogens is 245 g/mol. The van der Waals surface area contributed by atoms with Gasteiger partial charge in [0.25, 0.3) is 0 Å². The number of aromatic nitrogens is 2. The van der Waals surface area contributed by atoms with Gasteiger partial charge in [-0.2, -0.15) is 23.5 Å². The van der Waals surface area contributed by atoms with E-state index in [-0.39, 0.29) is 6.54 Å². The van der Waals surface area contributed by atoms with Gasteiger partial charge in [-0.05, 0) is 19.9 Å². The monoisotopic (exact) mass is 260 g/mol. The summed E-state index contributed by atoms with van der Waals surface area (Å²) in [6.45, 7) is 4.46. The van der Waals surface area contributed by atoms with Gasteiger partial charge < -0.3 is 0 Å². The number of nitrogens with one attached hydrogen (secondary N) is 1. The number of rotatable bonds is 5. The maximum absolute atomic E-state index is 12.3. The quantitative estimate of drug-likeness (QED) is 0.882. The highest BCUT2D eigenvalue weighted by Crippen LogP contribution is 2.28. The number of nitrogens with zero attached hydrogens (tertiary/aromatic N) is 3. The van der Waals surface area contributed by atoms with E-state index in [0.29, 0.717) is 13.0 Å². The smallest absolute Gasteiger partial charge is 0.300 e. The number of halogens is 3. The first-order valence-electron chi connectivity index (χ1n) is 5.56. The lowest BCUT2D eigenvalue weighted by molar-refractivity contribution is -0.137. The second-order valence-electron chi connectivity index (χ2n) is 4.21. The molecule has 0 aliphatic rings. The van der Waals surface area contributed by atoms with Crippen molar-refractivity contribution in [3.05, 3.63) is 18.0 Å². The van der Waals surface area contributed by atoms with Crippen molar-refractivity contribution in [2.45, 2.75) is 38.5 Å². The van der Waals surface area contributed by atoms with Crippen LogP contribution in [-0.2, 0) is 12.7 Å². The molecule has 18 heavy (non-hydrogen) atoms. The molecule has 0 aliphatic carbocycles. The maximum atomic E-state index is 12.3. The Morgan fingerprint density at radius 1 is 1.50 bits per heavy atom. The van der Waals surface area contributed by atoms with Crippen LogP contribution in [0.2, 0.25) is 0 Å². The minimum atomic E-state index is -4.38. The molecule has 0 radical (unpaired) electrons. The Bertz CT molecular complexity index is 432. The van der Waals surface area contributed by atoms with Crippen molar-refractivity contribution in [1.82, 2.24) is 15.1 Å². The van der Waals surface area contributed by atoms with Gasteiger partial charge in [0.1, 0.15) is 5.54 Å². The summed E-state index contributed by atoms with van der Waals surface area (Å²) < 4.78 is 38.2. The zero-order valence-corrected chi connectivity index (χ0v) is 10.3. The first-order chi connectivity index (χ1) is 8.30. The Morgan fingerprint density at radius 3 is 2.61 bits per heavy atom. The molecule has 0 fully saturated rings. The van der Waals surface area contributed by atoms with E-state index in [1.165, 1.54) is 4.68 Å². The summed E-state index contributed by atoms with van der Waals surface area (Å²) in [5.41, 5.74) is -1.52. The number of hydrogen-bond acceptors (Lipinski definition) is 3. The third-order valence-electron chi connectivity index (χ3n) is 2.62. The van der Waals surface area contributed by atoms with Gasteiger partial charge in [0, 0.05) is 12.7 Å². The summed E-state index contributed by atoms with van der Waals surface area (Å²) in [5.74, 6) is 0. The molecule has 0 amide bonds. The van der Waals surface area contributed by atoms with E-state index >= 15 is 0 Å². The Hall–Kier alpha value is -1.55. The predicted octanol–water partition coefficient (Wildman–Crippen LogP) is 2.18. The lowest BCUT2D eigenvalue weighted by atomic mass is 10.00. The second kappa shape index (κ2) is 5.40. The Kier molecular flexibility index (Phi) is 4.35. The lowest BCUT2D eigenvalue weighted by Crippen LogP contribution is -2.41. The minimum Gasteiger partial charge on any atom is -0.300 e. The van der Waals surface area contributed by atoms with Crippen molar-refractivity contribution < 1.29 is 13.2 Å². The lowest BCUT2D eigenvalue weighted by Gasteiger charge is -2.22. The molecule has 0 spiro atoms. The molecule has 1 N–H and O–H groups in total. The molecule has 0 aliphatic heterocycles. The second-order valence-corrected chi connectivity index (χ2v) is 4.21. The summed E-state index contributed by atoms with van der Waals surface area (Å²) in [6, 6.07) is 2.11. The van der Waals surface area contributed by atoms with E-state index in [0.717, 1.165) is 12.4 Å².